The Kier molecular flexibility index (Phi) is 7.25. The van der Waals surface area contributed by atoms with E-state index in [0.717, 1.165) is 18.7 Å². The average molecular weight is 375 g/mol. The molecule has 1 aromatic carbocycles. The summed E-state index contributed by atoms with van der Waals surface area (Å²) in [5, 5.41) is 8.29. The van der Waals surface area contributed by atoms with E-state index in [9.17, 15) is 9.59 Å². The molecule has 0 radical (unpaired) electrons. The van der Waals surface area contributed by atoms with Crippen LogP contribution in [-0.4, -0.2) is 48.6 Å². The molecule has 150 valence electrons. The third-order valence-corrected chi connectivity index (χ3v) is 5.13. The summed E-state index contributed by atoms with van der Waals surface area (Å²) in [5.74, 6) is 1.17. The first kappa shape index (κ1) is 21.2. The van der Waals surface area contributed by atoms with Gasteiger partial charge in [-0.15, -0.1) is 0 Å². The van der Waals surface area contributed by atoms with Crippen molar-refractivity contribution < 1.29 is 9.59 Å². The second-order valence-electron chi connectivity index (χ2n) is 8.62. The maximum absolute atomic E-state index is 12.1. The highest BCUT2D eigenvalue weighted by Crippen LogP contribution is 2.26. The first-order valence-electron chi connectivity index (χ1n) is 9.79. The van der Waals surface area contributed by atoms with Crippen LogP contribution in [0.3, 0.4) is 0 Å². The molecule has 0 bridgehead atoms. The molecule has 0 aromatic heterocycles. The minimum atomic E-state index is -0.381. The highest BCUT2D eigenvalue weighted by atomic mass is 16.2. The fourth-order valence-electron chi connectivity index (χ4n) is 3.71. The van der Waals surface area contributed by atoms with Gasteiger partial charge in [0.25, 0.3) is 0 Å². The molecular formula is C21H34N4O2. The molecule has 0 spiro atoms. The molecule has 3 amide bonds. The summed E-state index contributed by atoms with van der Waals surface area (Å²) < 4.78 is 0. The second-order valence-corrected chi connectivity index (χ2v) is 8.62. The Bertz CT molecular complexity index is 649. The monoisotopic (exact) mass is 374 g/mol. The van der Waals surface area contributed by atoms with Gasteiger partial charge in [0, 0.05) is 30.9 Å². The SMILES string of the molecule is Cc1cccc(NC(=O)NCC(=O)NCC(C)(C)N2CC(C)CC(C)C2)c1. The van der Waals surface area contributed by atoms with E-state index in [2.05, 4.69) is 48.5 Å². The molecule has 0 aliphatic carbocycles. The number of piperidine rings is 1. The fraction of sp³-hybridized carbons (Fsp3) is 0.619. The van der Waals surface area contributed by atoms with Crippen LogP contribution in [0.25, 0.3) is 0 Å². The topological polar surface area (TPSA) is 73.5 Å². The van der Waals surface area contributed by atoms with Gasteiger partial charge in [-0.1, -0.05) is 26.0 Å². The minimum absolute atomic E-state index is 0.0411. The lowest BCUT2D eigenvalue weighted by molar-refractivity contribution is -0.120. The van der Waals surface area contributed by atoms with E-state index in [1.165, 1.54) is 6.42 Å². The summed E-state index contributed by atoms with van der Waals surface area (Å²) >= 11 is 0. The van der Waals surface area contributed by atoms with Gasteiger partial charge in [0.2, 0.25) is 5.91 Å². The van der Waals surface area contributed by atoms with Crippen molar-refractivity contribution in [3.63, 3.8) is 0 Å². The van der Waals surface area contributed by atoms with Gasteiger partial charge < -0.3 is 16.0 Å². The molecule has 1 aromatic rings. The minimum Gasteiger partial charge on any atom is -0.353 e. The van der Waals surface area contributed by atoms with Crippen molar-refractivity contribution >= 4 is 17.6 Å². The largest absolute Gasteiger partial charge is 0.353 e. The van der Waals surface area contributed by atoms with E-state index < -0.39 is 0 Å². The lowest BCUT2D eigenvalue weighted by Gasteiger charge is -2.45. The van der Waals surface area contributed by atoms with Crippen molar-refractivity contribution in [1.29, 1.82) is 0 Å². The number of anilines is 1. The molecule has 2 unspecified atom stereocenters. The van der Waals surface area contributed by atoms with Crippen LogP contribution in [0.5, 0.6) is 0 Å². The highest BCUT2D eigenvalue weighted by molar-refractivity contribution is 5.92. The zero-order valence-corrected chi connectivity index (χ0v) is 17.3. The van der Waals surface area contributed by atoms with Crippen LogP contribution in [-0.2, 0) is 4.79 Å². The molecule has 6 heteroatoms. The number of nitrogens with zero attached hydrogens (tertiary/aromatic N) is 1. The summed E-state index contributed by atoms with van der Waals surface area (Å²) in [6.07, 6.45) is 1.26. The van der Waals surface area contributed by atoms with Crippen LogP contribution in [0.15, 0.2) is 24.3 Å². The standard InChI is InChI=1S/C21H34N4O2/c1-15-7-6-8-18(10-15)24-20(27)22-11-19(26)23-14-21(4,5)25-12-16(2)9-17(3)13-25/h6-8,10,16-17H,9,11-14H2,1-5H3,(H,23,26)(H2,22,24,27). The van der Waals surface area contributed by atoms with E-state index in [4.69, 9.17) is 0 Å². The zero-order chi connectivity index (χ0) is 20.0. The molecule has 1 fully saturated rings. The van der Waals surface area contributed by atoms with Gasteiger partial charge in [0.1, 0.15) is 0 Å². The normalized spacial score (nSPS) is 20.8. The number of likely N-dealkylation sites (tertiary alicyclic amines) is 1. The van der Waals surface area contributed by atoms with Crippen molar-refractivity contribution in [3.05, 3.63) is 29.8 Å². The summed E-state index contributed by atoms with van der Waals surface area (Å²) in [6, 6.07) is 7.15. The van der Waals surface area contributed by atoms with Crippen molar-refractivity contribution in [2.75, 3.05) is 31.5 Å². The average Bonchev–Trinajstić information content (AvgIpc) is 2.57. The number of amides is 3. The van der Waals surface area contributed by atoms with Gasteiger partial charge in [-0.3, -0.25) is 9.69 Å². The van der Waals surface area contributed by atoms with Crippen LogP contribution in [0.4, 0.5) is 10.5 Å². The van der Waals surface area contributed by atoms with E-state index in [0.29, 0.717) is 24.1 Å². The fourth-order valence-corrected chi connectivity index (χ4v) is 3.71. The summed E-state index contributed by atoms with van der Waals surface area (Å²) in [5.41, 5.74) is 1.67. The summed E-state index contributed by atoms with van der Waals surface area (Å²) in [6.45, 7) is 13.5. The number of nitrogens with one attached hydrogen (secondary N) is 3. The number of rotatable bonds is 6. The number of carbonyl (C=O) groups is 2. The van der Waals surface area contributed by atoms with Crippen molar-refractivity contribution in [2.45, 2.75) is 46.6 Å². The van der Waals surface area contributed by atoms with Crippen molar-refractivity contribution in [2.24, 2.45) is 11.8 Å². The number of carbonyl (C=O) groups excluding carboxylic acids is 2. The Morgan fingerprint density at radius 2 is 1.81 bits per heavy atom. The van der Waals surface area contributed by atoms with E-state index in [1.807, 2.05) is 31.2 Å². The third kappa shape index (κ3) is 6.86. The quantitative estimate of drug-likeness (QED) is 0.717. The Morgan fingerprint density at radius 3 is 2.44 bits per heavy atom. The van der Waals surface area contributed by atoms with E-state index in [1.54, 1.807) is 0 Å². The number of urea groups is 1. The molecule has 2 rings (SSSR count). The molecule has 1 aliphatic heterocycles. The van der Waals surface area contributed by atoms with Gasteiger partial charge in [-0.05, 0) is 56.7 Å². The Labute approximate surface area is 163 Å². The maximum Gasteiger partial charge on any atom is 0.319 e. The zero-order valence-electron chi connectivity index (χ0n) is 17.3. The lowest BCUT2D eigenvalue weighted by atomic mass is 9.88. The van der Waals surface area contributed by atoms with Crippen LogP contribution >= 0.6 is 0 Å². The molecule has 0 saturated carbocycles. The summed E-state index contributed by atoms with van der Waals surface area (Å²) in [4.78, 5) is 26.5. The Morgan fingerprint density at radius 1 is 1.15 bits per heavy atom. The van der Waals surface area contributed by atoms with Crippen LogP contribution in [0.1, 0.15) is 39.7 Å². The number of hydrogen-bond acceptors (Lipinski definition) is 3. The van der Waals surface area contributed by atoms with Crippen molar-refractivity contribution in [1.82, 2.24) is 15.5 Å². The van der Waals surface area contributed by atoms with Crippen LogP contribution in [0.2, 0.25) is 0 Å². The smallest absolute Gasteiger partial charge is 0.319 e. The molecule has 1 saturated heterocycles. The molecule has 1 heterocycles. The molecule has 3 N–H and O–H groups in total. The Balaban J connectivity index is 1.74. The van der Waals surface area contributed by atoms with E-state index in [-0.39, 0.29) is 24.0 Å². The number of hydrogen-bond donors (Lipinski definition) is 3. The van der Waals surface area contributed by atoms with Crippen molar-refractivity contribution in [3.8, 4) is 0 Å². The molecule has 27 heavy (non-hydrogen) atoms. The van der Waals surface area contributed by atoms with Gasteiger partial charge in [-0.2, -0.15) is 0 Å². The predicted octanol–water partition coefficient (Wildman–Crippen LogP) is 2.99. The van der Waals surface area contributed by atoms with Crippen LogP contribution in [0, 0.1) is 18.8 Å². The van der Waals surface area contributed by atoms with Gasteiger partial charge >= 0.3 is 6.03 Å². The highest BCUT2D eigenvalue weighted by Gasteiger charge is 2.32. The maximum atomic E-state index is 12.1. The number of benzene rings is 1. The summed E-state index contributed by atoms with van der Waals surface area (Å²) in [7, 11) is 0. The van der Waals surface area contributed by atoms with E-state index >= 15 is 0 Å². The molecular weight excluding hydrogens is 340 g/mol. The van der Waals surface area contributed by atoms with Gasteiger partial charge in [0.15, 0.2) is 0 Å². The van der Waals surface area contributed by atoms with Gasteiger partial charge in [0.05, 0.1) is 6.54 Å². The first-order chi connectivity index (χ1) is 12.7. The predicted molar refractivity (Wildman–Crippen MR) is 110 cm³/mol. The molecule has 2 atom stereocenters. The Hall–Kier alpha value is -2.08. The number of aryl methyl sites for hydroxylation is 1. The molecule has 1 aliphatic rings. The van der Waals surface area contributed by atoms with Crippen LogP contribution < -0.4 is 16.0 Å². The third-order valence-electron chi connectivity index (χ3n) is 5.13. The van der Waals surface area contributed by atoms with Gasteiger partial charge in [-0.25, -0.2) is 4.79 Å². The lowest BCUT2D eigenvalue weighted by Crippen LogP contribution is -2.56. The first-order valence-corrected chi connectivity index (χ1v) is 9.79. The molecule has 6 nitrogen and oxygen atoms in total. The second kappa shape index (κ2) is 9.22.